The third-order valence-electron chi connectivity index (χ3n) is 1.94. The molecular weight excluding hydrogens is 249 g/mol. The van der Waals surface area contributed by atoms with Crippen LogP contribution in [0.3, 0.4) is 0 Å². The van der Waals surface area contributed by atoms with Crippen molar-refractivity contribution in [1.82, 2.24) is 15.3 Å². The van der Waals surface area contributed by atoms with Crippen molar-refractivity contribution in [3.63, 3.8) is 0 Å². The summed E-state index contributed by atoms with van der Waals surface area (Å²) in [5.74, 6) is 1.13. The van der Waals surface area contributed by atoms with Gasteiger partial charge in [0, 0.05) is 31.8 Å². The van der Waals surface area contributed by atoms with Crippen LogP contribution in [0.2, 0.25) is 0 Å². The Bertz CT molecular complexity index is 265. The van der Waals surface area contributed by atoms with Crippen molar-refractivity contribution in [1.29, 1.82) is 0 Å². The summed E-state index contributed by atoms with van der Waals surface area (Å²) in [4.78, 5) is 18.2. The molecule has 0 spiro atoms. The highest BCUT2D eigenvalue weighted by molar-refractivity contribution is 5.85. The molecule has 1 aromatic heterocycles. The van der Waals surface area contributed by atoms with Crippen LogP contribution in [0.4, 0.5) is 0 Å². The van der Waals surface area contributed by atoms with Gasteiger partial charge in [-0.1, -0.05) is 6.92 Å². The fourth-order valence-electron chi connectivity index (χ4n) is 1.23. The van der Waals surface area contributed by atoms with Gasteiger partial charge in [0.2, 0.25) is 5.91 Å². The molecule has 1 rings (SSSR count). The van der Waals surface area contributed by atoms with Gasteiger partial charge in [-0.25, -0.2) is 4.98 Å². The molecule has 0 aliphatic rings. The van der Waals surface area contributed by atoms with E-state index in [2.05, 4.69) is 15.3 Å². The molecule has 94 valence electrons. The van der Waals surface area contributed by atoms with Crippen molar-refractivity contribution >= 4 is 30.7 Å². The Kier molecular flexibility index (Phi) is 11.9. The van der Waals surface area contributed by atoms with Gasteiger partial charge in [-0.3, -0.25) is 4.79 Å². The Morgan fingerprint density at radius 3 is 2.81 bits per heavy atom. The lowest BCUT2D eigenvalue weighted by atomic mass is 10.3. The fraction of sp³-hybridized carbons (Fsp3) is 0.600. The molecule has 0 atom stereocenters. The first-order valence-electron chi connectivity index (χ1n) is 5.08. The van der Waals surface area contributed by atoms with Crippen LogP contribution in [-0.2, 0) is 11.2 Å². The van der Waals surface area contributed by atoms with Gasteiger partial charge >= 0.3 is 0 Å². The van der Waals surface area contributed by atoms with Crippen molar-refractivity contribution in [2.24, 2.45) is 0 Å². The molecule has 0 fully saturated rings. The number of aryl methyl sites for hydroxylation is 1. The maximum atomic E-state index is 11.1. The topological polar surface area (TPSA) is 57.8 Å². The second kappa shape index (κ2) is 10.8. The molecule has 0 aromatic carbocycles. The predicted molar refractivity (Wildman–Crippen MR) is 69.3 cm³/mol. The van der Waals surface area contributed by atoms with E-state index in [0.29, 0.717) is 6.42 Å². The van der Waals surface area contributed by atoms with Crippen molar-refractivity contribution in [2.45, 2.75) is 32.6 Å². The van der Waals surface area contributed by atoms with Gasteiger partial charge in [0.25, 0.3) is 0 Å². The third-order valence-corrected chi connectivity index (χ3v) is 1.94. The molecule has 0 aliphatic carbocycles. The number of nitrogens with one attached hydrogen (secondary N) is 2. The van der Waals surface area contributed by atoms with Gasteiger partial charge < -0.3 is 10.3 Å². The standard InChI is InChI=1S/C10H17N3O.2ClH/c1-2-4-10(14)13-6-3-5-9-11-7-8-12-9;;/h7-8H,2-6H2,1H3,(H,11,12)(H,13,14);2*1H. The third kappa shape index (κ3) is 7.54. The van der Waals surface area contributed by atoms with E-state index < -0.39 is 0 Å². The predicted octanol–water partition coefficient (Wildman–Crippen LogP) is 2.10. The van der Waals surface area contributed by atoms with Gasteiger partial charge in [-0.05, 0) is 12.8 Å². The van der Waals surface area contributed by atoms with Gasteiger partial charge in [0.05, 0.1) is 0 Å². The highest BCUT2D eigenvalue weighted by atomic mass is 35.5. The lowest BCUT2D eigenvalue weighted by Crippen LogP contribution is -2.24. The van der Waals surface area contributed by atoms with Crippen molar-refractivity contribution in [3.05, 3.63) is 18.2 Å². The maximum absolute atomic E-state index is 11.1. The van der Waals surface area contributed by atoms with E-state index in [4.69, 9.17) is 0 Å². The quantitative estimate of drug-likeness (QED) is 0.776. The summed E-state index contributed by atoms with van der Waals surface area (Å²) in [7, 11) is 0. The summed E-state index contributed by atoms with van der Waals surface area (Å²) in [6.45, 7) is 2.74. The van der Waals surface area contributed by atoms with Gasteiger partial charge in [-0.2, -0.15) is 0 Å². The molecule has 1 heterocycles. The average Bonchev–Trinajstić information content (AvgIpc) is 2.65. The number of halogens is 2. The molecule has 0 bridgehead atoms. The molecule has 0 unspecified atom stereocenters. The largest absolute Gasteiger partial charge is 0.356 e. The SMILES string of the molecule is CCCC(=O)NCCCc1ncc[nH]1.Cl.Cl. The van der Waals surface area contributed by atoms with Crippen molar-refractivity contribution in [2.75, 3.05) is 6.54 Å². The maximum Gasteiger partial charge on any atom is 0.219 e. The number of rotatable bonds is 6. The summed E-state index contributed by atoms with van der Waals surface area (Å²) < 4.78 is 0. The Morgan fingerprint density at radius 1 is 1.50 bits per heavy atom. The minimum Gasteiger partial charge on any atom is -0.356 e. The minimum absolute atomic E-state index is 0. The molecule has 1 aromatic rings. The Hall–Kier alpha value is -0.740. The number of carbonyl (C=O) groups is 1. The lowest BCUT2D eigenvalue weighted by molar-refractivity contribution is -0.121. The number of amides is 1. The highest BCUT2D eigenvalue weighted by Crippen LogP contribution is 1.93. The van der Waals surface area contributed by atoms with E-state index in [1.54, 1.807) is 6.20 Å². The lowest BCUT2D eigenvalue weighted by Gasteiger charge is -2.02. The Balaban J connectivity index is 0. The summed E-state index contributed by atoms with van der Waals surface area (Å²) >= 11 is 0. The summed E-state index contributed by atoms with van der Waals surface area (Å²) in [6.07, 6.45) is 6.91. The van der Waals surface area contributed by atoms with Crippen LogP contribution in [0.25, 0.3) is 0 Å². The highest BCUT2D eigenvalue weighted by Gasteiger charge is 1.98. The van der Waals surface area contributed by atoms with Crippen LogP contribution in [0, 0.1) is 0 Å². The number of hydrogen-bond donors (Lipinski definition) is 2. The van der Waals surface area contributed by atoms with Crippen molar-refractivity contribution in [3.8, 4) is 0 Å². The first-order chi connectivity index (χ1) is 6.83. The molecule has 1 amide bonds. The molecule has 0 aliphatic heterocycles. The molecule has 0 saturated carbocycles. The monoisotopic (exact) mass is 267 g/mol. The Labute approximate surface area is 108 Å². The zero-order valence-corrected chi connectivity index (χ0v) is 11.0. The van der Waals surface area contributed by atoms with Crippen LogP contribution >= 0.6 is 24.8 Å². The van der Waals surface area contributed by atoms with Crippen LogP contribution < -0.4 is 5.32 Å². The Morgan fingerprint density at radius 2 is 2.25 bits per heavy atom. The number of nitrogens with zero attached hydrogens (tertiary/aromatic N) is 1. The molecule has 6 heteroatoms. The van der Waals surface area contributed by atoms with E-state index in [1.807, 2.05) is 13.1 Å². The molecule has 4 nitrogen and oxygen atoms in total. The van der Waals surface area contributed by atoms with Crippen LogP contribution in [0.5, 0.6) is 0 Å². The summed E-state index contributed by atoms with van der Waals surface area (Å²) in [6, 6.07) is 0. The number of hydrogen-bond acceptors (Lipinski definition) is 2. The first kappa shape index (κ1) is 17.6. The first-order valence-corrected chi connectivity index (χ1v) is 5.08. The molecule has 0 saturated heterocycles. The number of imidazole rings is 1. The zero-order valence-electron chi connectivity index (χ0n) is 9.36. The number of carbonyl (C=O) groups excluding carboxylic acids is 1. The van der Waals surface area contributed by atoms with E-state index in [-0.39, 0.29) is 30.7 Å². The fourth-order valence-corrected chi connectivity index (χ4v) is 1.23. The molecular formula is C10H19Cl2N3O. The van der Waals surface area contributed by atoms with Crippen molar-refractivity contribution < 1.29 is 4.79 Å². The second-order valence-corrected chi connectivity index (χ2v) is 3.24. The number of aromatic nitrogens is 2. The van der Waals surface area contributed by atoms with E-state index in [0.717, 1.165) is 31.6 Å². The summed E-state index contributed by atoms with van der Waals surface area (Å²) in [5.41, 5.74) is 0. The molecule has 2 N–H and O–H groups in total. The van der Waals surface area contributed by atoms with Crippen LogP contribution in [-0.4, -0.2) is 22.4 Å². The van der Waals surface area contributed by atoms with Gasteiger partial charge in [-0.15, -0.1) is 24.8 Å². The summed E-state index contributed by atoms with van der Waals surface area (Å²) in [5, 5.41) is 2.87. The molecule has 0 radical (unpaired) electrons. The van der Waals surface area contributed by atoms with E-state index in [9.17, 15) is 4.79 Å². The minimum atomic E-state index is 0. The average molecular weight is 268 g/mol. The van der Waals surface area contributed by atoms with E-state index >= 15 is 0 Å². The zero-order chi connectivity index (χ0) is 10.2. The van der Waals surface area contributed by atoms with Crippen LogP contribution in [0.15, 0.2) is 12.4 Å². The second-order valence-electron chi connectivity index (χ2n) is 3.24. The normalized spacial score (nSPS) is 8.81. The number of H-pyrrole nitrogens is 1. The van der Waals surface area contributed by atoms with E-state index in [1.165, 1.54) is 0 Å². The number of aromatic amines is 1. The van der Waals surface area contributed by atoms with Gasteiger partial charge in [0.1, 0.15) is 5.82 Å². The van der Waals surface area contributed by atoms with Gasteiger partial charge in [0.15, 0.2) is 0 Å². The molecule has 16 heavy (non-hydrogen) atoms. The van der Waals surface area contributed by atoms with Crippen LogP contribution in [0.1, 0.15) is 32.0 Å². The smallest absolute Gasteiger partial charge is 0.219 e.